The Bertz CT molecular complexity index is 476. The number of aryl methyl sites for hydroxylation is 1. The summed E-state index contributed by atoms with van der Waals surface area (Å²) in [5, 5.41) is 24.6. The van der Waals surface area contributed by atoms with E-state index in [1.807, 2.05) is 0 Å². The van der Waals surface area contributed by atoms with Gasteiger partial charge < -0.3 is 5.11 Å². The van der Waals surface area contributed by atoms with Crippen molar-refractivity contribution in [3.8, 4) is 5.13 Å². The van der Waals surface area contributed by atoms with Crippen LogP contribution >= 0.6 is 11.3 Å². The molecular formula is C6H5N5O2S. The van der Waals surface area contributed by atoms with Crippen LogP contribution in [0.4, 0.5) is 0 Å². The van der Waals surface area contributed by atoms with Crippen LogP contribution in [0.25, 0.3) is 5.13 Å². The third-order valence-electron chi connectivity index (χ3n) is 1.46. The lowest BCUT2D eigenvalue weighted by molar-refractivity contribution is 0.0687. The molecule has 2 rings (SSSR count). The summed E-state index contributed by atoms with van der Waals surface area (Å²) in [6, 6.07) is 0. The van der Waals surface area contributed by atoms with E-state index >= 15 is 0 Å². The van der Waals surface area contributed by atoms with Gasteiger partial charge in [-0.3, -0.25) is 0 Å². The Morgan fingerprint density at radius 2 is 2.36 bits per heavy atom. The molecule has 0 atom stereocenters. The molecule has 2 heterocycles. The Labute approximate surface area is 82.0 Å². The number of nitrogens with zero attached hydrogens (tertiary/aromatic N) is 5. The van der Waals surface area contributed by atoms with Crippen LogP contribution in [-0.2, 0) is 0 Å². The van der Waals surface area contributed by atoms with E-state index in [0.29, 0.717) is 5.13 Å². The number of carboxylic acid groups (broad SMARTS) is 1. The van der Waals surface area contributed by atoms with Gasteiger partial charge in [-0.25, -0.2) is 4.79 Å². The van der Waals surface area contributed by atoms with Crippen molar-refractivity contribution in [2.75, 3.05) is 0 Å². The number of rotatable bonds is 2. The largest absolute Gasteiger partial charge is 0.476 e. The van der Waals surface area contributed by atoms with Gasteiger partial charge in [0.15, 0.2) is 5.69 Å². The summed E-state index contributed by atoms with van der Waals surface area (Å²) in [4.78, 5) is 10.7. The van der Waals surface area contributed by atoms with Gasteiger partial charge in [-0.1, -0.05) is 16.6 Å². The molecule has 0 aliphatic heterocycles. The van der Waals surface area contributed by atoms with Crippen molar-refractivity contribution in [2.45, 2.75) is 6.92 Å². The van der Waals surface area contributed by atoms with Crippen LogP contribution in [0.2, 0.25) is 0 Å². The van der Waals surface area contributed by atoms with E-state index in [1.165, 1.54) is 17.5 Å². The predicted octanol–water partition coefficient (Wildman–Crippen LogP) is 0.125. The second-order valence-corrected chi connectivity index (χ2v) is 3.60. The molecule has 0 spiro atoms. The number of carboxylic acids is 1. The molecule has 1 N–H and O–H groups in total. The van der Waals surface area contributed by atoms with Crippen molar-refractivity contribution in [3.05, 3.63) is 16.9 Å². The lowest BCUT2D eigenvalue weighted by Gasteiger charge is -1.94. The maximum absolute atomic E-state index is 10.7. The van der Waals surface area contributed by atoms with Gasteiger partial charge >= 0.3 is 5.97 Å². The molecule has 0 aromatic carbocycles. The number of aromatic nitrogens is 5. The van der Waals surface area contributed by atoms with Crippen LogP contribution < -0.4 is 0 Å². The maximum Gasteiger partial charge on any atom is 0.356 e. The molecule has 0 saturated carbocycles. The third kappa shape index (κ3) is 1.35. The summed E-state index contributed by atoms with van der Waals surface area (Å²) in [6.07, 6.45) is 1.17. The minimum absolute atomic E-state index is 0.0267. The van der Waals surface area contributed by atoms with Gasteiger partial charge in [0.1, 0.15) is 5.01 Å². The Balaban J connectivity index is 2.51. The molecule has 0 aliphatic carbocycles. The van der Waals surface area contributed by atoms with Crippen molar-refractivity contribution in [2.24, 2.45) is 0 Å². The third-order valence-corrected chi connectivity index (χ3v) is 2.28. The zero-order valence-corrected chi connectivity index (χ0v) is 7.89. The molecule has 0 unspecified atom stereocenters. The standard InChI is InChI=1S/C6H5N5O2S/c1-3-8-9-6(14-3)11-4(5(12)13)2-7-10-11/h2H,1H3,(H,12,13). The van der Waals surface area contributed by atoms with Crippen LogP contribution in [0.15, 0.2) is 6.20 Å². The number of carbonyl (C=O) groups is 1. The lowest BCUT2D eigenvalue weighted by atomic mass is 10.5. The summed E-state index contributed by atoms with van der Waals surface area (Å²) in [5.74, 6) is -1.09. The van der Waals surface area contributed by atoms with E-state index in [-0.39, 0.29) is 5.69 Å². The highest BCUT2D eigenvalue weighted by Crippen LogP contribution is 2.14. The topological polar surface area (TPSA) is 93.8 Å². The average molecular weight is 211 g/mol. The fourth-order valence-electron chi connectivity index (χ4n) is 0.894. The number of hydrogen-bond donors (Lipinski definition) is 1. The van der Waals surface area contributed by atoms with E-state index in [4.69, 9.17) is 5.11 Å². The molecule has 2 aromatic heterocycles. The van der Waals surface area contributed by atoms with E-state index in [9.17, 15) is 4.79 Å². The molecule has 0 radical (unpaired) electrons. The molecule has 0 fully saturated rings. The minimum atomic E-state index is -1.09. The minimum Gasteiger partial charge on any atom is -0.476 e. The molecule has 14 heavy (non-hydrogen) atoms. The van der Waals surface area contributed by atoms with Gasteiger partial charge in [0.25, 0.3) is 0 Å². The Hall–Kier alpha value is -1.83. The van der Waals surface area contributed by atoms with Gasteiger partial charge in [-0.05, 0) is 6.92 Å². The Morgan fingerprint density at radius 1 is 1.57 bits per heavy atom. The first-order valence-electron chi connectivity index (χ1n) is 3.63. The second-order valence-electron chi connectivity index (χ2n) is 2.44. The van der Waals surface area contributed by atoms with Crippen molar-refractivity contribution >= 4 is 17.3 Å². The monoisotopic (exact) mass is 211 g/mol. The summed E-state index contributed by atoms with van der Waals surface area (Å²) < 4.78 is 1.15. The van der Waals surface area contributed by atoms with Crippen LogP contribution in [0, 0.1) is 6.92 Å². The van der Waals surface area contributed by atoms with E-state index in [2.05, 4.69) is 20.5 Å². The Kier molecular flexibility index (Phi) is 1.97. The van der Waals surface area contributed by atoms with Gasteiger partial charge in [-0.15, -0.1) is 15.3 Å². The summed E-state index contributed by atoms with van der Waals surface area (Å²) >= 11 is 1.25. The van der Waals surface area contributed by atoms with Gasteiger partial charge in [-0.2, -0.15) is 4.68 Å². The zero-order chi connectivity index (χ0) is 10.1. The molecule has 0 saturated heterocycles. The number of hydrogen-bond acceptors (Lipinski definition) is 6. The lowest BCUT2D eigenvalue weighted by Crippen LogP contribution is -2.07. The molecule has 2 aromatic rings. The highest BCUT2D eigenvalue weighted by molar-refractivity contribution is 7.13. The summed E-state index contributed by atoms with van der Waals surface area (Å²) in [6.45, 7) is 1.78. The van der Waals surface area contributed by atoms with Crippen LogP contribution in [-0.4, -0.2) is 36.3 Å². The van der Waals surface area contributed by atoms with E-state index in [1.54, 1.807) is 6.92 Å². The Morgan fingerprint density at radius 3 is 2.93 bits per heavy atom. The quantitative estimate of drug-likeness (QED) is 0.758. The van der Waals surface area contributed by atoms with Crippen molar-refractivity contribution in [3.63, 3.8) is 0 Å². The number of aromatic carboxylic acids is 1. The highest BCUT2D eigenvalue weighted by Gasteiger charge is 2.15. The smallest absolute Gasteiger partial charge is 0.356 e. The first-order chi connectivity index (χ1) is 6.68. The van der Waals surface area contributed by atoms with Crippen LogP contribution in [0.1, 0.15) is 15.5 Å². The normalized spacial score (nSPS) is 10.4. The zero-order valence-electron chi connectivity index (χ0n) is 7.08. The fraction of sp³-hybridized carbons (Fsp3) is 0.167. The van der Waals surface area contributed by atoms with Crippen molar-refractivity contribution in [1.82, 2.24) is 25.2 Å². The van der Waals surface area contributed by atoms with Gasteiger partial charge in [0.05, 0.1) is 6.20 Å². The average Bonchev–Trinajstić information content (AvgIpc) is 2.70. The van der Waals surface area contributed by atoms with Gasteiger partial charge in [0, 0.05) is 0 Å². The van der Waals surface area contributed by atoms with Crippen molar-refractivity contribution in [1.29, 1.82) is 0 Å². The molecule has 72 valence electrons. The SMILES string of the molecule is Cc1nnc(-n2nncc2C(=O)O)s1. The summed E-state index contributed by atoms with van der Waals surface area (Å²) in [5.41, 5.74) is -0.0267. The maximum atomic E-state index is 10.7. The van der Waals surface area contributed by atoms with Crippen LogP contribution in [0.5, 0.6) is 0 Å². The van der Waals surface area contributed by atoms with Gasteiger partial charge in [0.2, 0.25) is 5.13 Å². The molecule has 8 heteroatoms. The van der Waals surface area contributed by atoms with Crippen molar-refractivity contribution < 1.29 is 9.90 Å². The fourth-order valence-corrected chi connectivity index (χ4v) is 1.54. The first kappa shape index (κ1) is 8.75. The molecule has 0 bridgehead atoms. The summed E-state index contributed by atoms with van der Waals surface area (Å²) in [7, 11) is 0. The van der Waals surface area contributed by atoms with Crippen LogP contribution in [0.3, 0.4) is 0 Å². The van der Waals surface area contributed by atoms with E-state index < -0.39 is 5.97 Å². The predicted molar refractivity (Wildman–Crippen MR) is 46.5 cm³/mol. The molecule has 0 amide bonds. The highest BCUT2D eigenvalue weighted by atomic mass is 32.1. The van der Waals surface area contributed by atoms with E-state index in [0.717, 1.165) is 9.69 Å². The molecular weight excluding hydrogens is 206 g/mol. The second kappa shape index (κ2) is 3.14. The molecule has 7 nitrogen and oxygen atoms in total. The first-order valence-corrected chi connectivity index (χ1v) is 4.44. The molecule has 0 aliphatic rings.